The van der Waals surface area contributed by atoms with E-state index in [0.29, 0.717) is 28.8 Å². The number of hydrogen-bond donors (Lipinski definition) is 4. The van der Waals surface area contributed by atoms with E-state index in [9.17, 15) is 24.9 Å². The molecule has 1 aromatic rings. The number of anilines is 1. The van der Waals surface area contributed by atoms with Crippen LogP contribution in [0.15, 0.2) is 41.5 Å². The van der Waals surface area contributed by atoms with Crippen molar-refractivity contribution in [2.45, 2.75) is 58.8 Å². The predicted molar refractivity (Wildman–Crippen MR) is 135 cm³/mol. The molecule has 1 spiro atoms. The Kier molecular flexibility index (Phi) is 5.60. The van der Waals surface area contributed by atoms with Gasteiger partial charge in [-0.25, -0.2) is 4.79 Å². The van der Waals surface area contributed by atoms with Gasteiger partial charge in [0.05, 0.1) is 17.6 Å². The Morgan fingerprint density at radius 1 is 1.25 bits per heavy atom. The summed E-state index contributed by atoms with van der Waals surface area (Å²) < 4.78 is 6.01. The summed E-state index contributed by atoms with van der Waals surface area (Å²) in [5, 5.41) is 37.4. The number of carbonyl (C=O) groups is 2. The van der Waals surface area contributed by atoms with Gasteiger partial charge in [-0.05, 0) is 66.2 Å². The molecule has 0 unspecified atom stereocenters. The Balaban J connectivity index is 1.64. The maximum absolute atomic E-state index is 14.4. The average molecular weight is 496 g/mol. The number of nitrogens with one attached hydrogen (secondary N) is 1. The maximum atomic E-state index is 14.4. The minimum absolute atomic E-state index is 0.0434. The Morgan fingerprint density at radius 2 is 1.94 bits per heavy atom. The number of ketones is 1. The Hall–Kier alpha value is -2.48. The van der Waals surface area contributed by atoms with Crippen molar-refractivity contribution in [3.63, 3.8) is 0 Å². The lowest BCUT2D eigenvalue weighted by molar-refractivity contribution is -0.190. The number of esters is 1. The van der Waals surface area contributed by atoms with Crippen LogP contribution in [0.3, 0.4) is 0 Å². The molecule has 7 nitrogen and oxygen atoms in total. The summed E-state index contributed by atoms with van der Waals surface area (Å²) in [6, 6.07) is 5.39. The Labute approximate surface area is 212 Å². The van der Waals surface area contributed by atoms with Crippen LogP contribution in [0.5, 0.6) is 0 Å². The van der Waals surface area contributed by atoms with Gasteiger partial charge in [0, 0.05) is 18.7 Å². The molecule has 0 amide bonds. The van der Waals surface area contributed by atoms with Gasteiger partial charge in [0.15, 0.2) is 17.5 Å². The number of ether oxygens (including phenoxy) is 1. The van der Waals surface area contributed by atoms with E-state index in [-0.39, 0.29) is 34.5 Å². The predicted octanol–water partition coefficient (Wildman–Crippen LogP) is 3.03. The van der Waals surface area contributed by atoms with Crippen LogP contribution in [-0.2, 0) is 9.53 Å². The van der Waals surface area contributed by atoms with E-state index in [1.165, 1.54) is 0 Å². The molecule has 1 aromatic carbocycles. The number of rotatable bonds is 4. The molecule has 0 heterocycles. The lowest BCUT2D eigenvalue weighted by atomic mass is 9.59. The van der Waals surface area contributed by atoms with Gasteiger partial charge >= 0.3 is 5.97 Å². The lowest BCUT2D eigenvalue weighted by Crippen LogP contribution is -2.65. The highest BCUT2D eigenvalue weighted by Gasteiger charge is 2.76. The van der Waals surface area contributed by atoms with Gasteiger partial charge < -0.3 is 25.4 Å². The fourth-order valence-electron chi connectivity index (χ4n) is 7.91. The number of Topliss-reactive ketones (excluding diaryl/α,β-unsaturated/α-hetero) is 1. The van der Waals surface area contributed by atoms with Crippen LogP contribution in [0, 0.1) is 41.4 Å². The van der Waals surface area contributed by atoms with Crippen LogP contribution in [0.2, 0.25) is 0 Å². The molecule has 0 aromatic heterocycles. The summed E-state index contributed by atoms with van der Waals surface area (Å²) in [4.78, 5) is 27.9. The van der Waals surface area contributed by atoms with Crippen molar-refractivity contribution < 1.29 is 29.6 Å². The zero-order valence-corrected chi connectivity index (χ0v) is 21.8. The summed E-state index contributed by atoms with van der Waals surface area (Å²) in [5.41, 5.74) is -1.29. The van der Waals surface area contributed by atoms with Crippen molar-refractivity contribution in [3.05, 3.63) is 52.6 Å². The summed E-state index contributed by atoms with van der Waals surface area (Å²) in [6.07, 6.45) is 1.30. The van der Waals surface area contributed by atoms with Crippen LogP contribution >= 0.6 is 0 Å². The van der Waals surface area contributed by atoms with Crippen LogP contribution in [0.4, 0.5) is 5.69 Å². The molecular weight excluding hydrogens is 458 g/mol. The van der Waals surface area contributed by atoms with Gasteiger partial charge in [0.2, 0.25) is 0 Å². The van der Waals surface area contributed by atoms with Gasteiger partial charge in [-0.2, -0.15) is 0 Å². The van der Waals surface area contributed by atoms with Crippen LogP contribution in [0.25, 0.3) is 0 Å². The number of benzene rings is 1. The monoisotopic (exact) mass is 495 g/mol. The summed E-state index contributed by atoms with van der Waals surface area (Å²) in [6.45, 7) is 9.28. The van der Waals surface area contributed by atoms with Crippen molar-refractivity contribution >= 4 is 17.4 Å². The Bertz CT molecular complexity index is 1200. The van der Waals surface area contributed by atoms with Crippen LogP contribution in [0.1, 0.15) is 50.0 Å². The SMILES string of the molecule is CNc1cccc(C)c1C(=O)O[C@H]1C(C)=C[C@]23C(=O)[C@@H](C=C(CO)[C@@H](O)[C@]12O)[C@@H]1[C@@H](C[C@H]3C)C1(C)C. The van der Waals surface area contributed by atoms with Gasteiger partial charge in [0.25, 0.3) is 0 Å². The number of aryl methyl sites for hydroxylation is 1. The lowest BCUT2D eigenvalue weighted by Gasteiger charge is -2.48. The summed E-state index contributed by atoms with van der Waals surface area (Å²) >= 11 is 0. The van der Waals surface area contributed by atoms with E-state index in [1.54, 1.807) is 45.2 Å². The molecule has 5 rings (SSSR count). The highest BCUT2D eigenvalue weighted by molar-refractivity contribution is 5.98. The number of aliphatic hydroxyl groups excluding tert-OH is 2. The molecule has 2 saturated carbocycles. The fraction of sp³-hybridized carbons (Fsp3) is 0.586. The number of allylic oxidation sites excluding steroid dienone is 1. The van der Waals surface area contributed by atoms with Gasteiger partial charge in [-0.1, -0.05) is 45.1 Å². The number of fused-ring (bicyclic) bond motifs is 3. The molecule has 4 aliphatic carbocycles. The van der Waals surface area contributed by atoms with Crippen molar-refractivity contribution in [2.24, 2.45) is 34.5 Å². The van der Waals surface area contributed by atoms with Crippen molar-refractivity contribution in [2.75, 3.05) is 19.0 Å². The van der Waals surface area contributed by atoms with Crippen LogP contribution < -0.4 is 5.32 Å². The summed E-state index contributed by atoms with van der Waals surface area (Å²) in [5.74, 6) is -1.30. The average Bonchev–Trinajstić information content (AvgIpc) is 3.32. The highest BCUT2D eigenvalue weighted by atomic mass is 16.6. The number of hydrogen-bond acceptors (Lipinski definition) is 7. The van der Waals surface area contributed by atoms with Gasteiger partial charge in [0.1, 0.15) is 6.10 Å². The second kappa shape index (κ2) is 8.01. The molecular formula is C29H37NO6. The van der Waals surface area contributed by atoms with E-state index >= 15 is 0 Å². The maximum Gasteiger partial charge on any atom is 0.341 e. The van der Waals surface area contributed by atoms with Crippen molar-refractivity contribution in [1.82, 2.24) is 0 Å². The third-order valence-electron chi connectivity index (χ3n) is 9.87. The second-order valence-electron chi connectivity index (χ2n) is 11.9. The minimum Gasteiger partial charge on any atom is -0.451 e. The molecule has 4 aliphatic rings. The zero-order chi connectivity index (χ0) is 26.4. The molecule has 4 N–H and O–H groups in total. The first-order valence-electron chi connectivity index (χ1n) is 12.8. The summed E-state index contributed by atoms with van der Waals surface area (Å²) in [7, 11) is 1.71. The zero-order valence-electron chi connectivity index (χ0n) is 21.8. The first kappa shape index (κ1) is 25.2. The number of aliphatic hydroxyl groups is 3. The van der Waals surface area contributed by atoms with E-state index in [4.69, 9.17) is 4.74 Å². The molecule has 8 atom stereocenters. The first-order valence-corrected chi connectivity index (χ1v) is 12.8. The van der Waals surface area contributed by atoms with Crippen molar-refractivity contribution in [3.8, 4) is 0 Å². The minimum atomic E-state index is -2.14. The fourth-order valence-corrected chi connectivity index (χ4v) is 7.91. The molecule has 0 saturated heterocycles. The third-order valence-corrected chi connectivity index (χ3v) is 9.87. The molecule has 36 heavy (non-hydrogen) atoms. The molecule has 2 bridgehead atoms. The normalized spacial score (nSPS) is 40.2. The van der Waals surface area contributed by atoms with Crippen molar-refractivity contribution in [1.29, 1.82) is 0 Å². The second-order valence-corrected chi connectivity index (χ2v) is 11.9. The molecule has 2 fully saturated rings. The topological polar surface area (TPSA) is 116 Å². The highest BCUT2D eigenvalue weighted by Crippen LogP contribution is 2.71. The van der Waals surface area contributed by atoms with Gasteiger partial charge in [-0.15, -0.1) is 0 Å². The van der Waals surface area contributed by atoms with E-state index in [2.05, 4.69) is 19.2 Å². The first-order chi connectivity index (χ1) is 16.9. The largest absolute Gasteiger partial charge is 0.451 e. The molecule has 0 aliphatic heterocycles. The molecule has 194 valence electrons. The number of carbonyl (C=O) groups excluding carboxylic acids is 2. The molecule has 0 radical (unpaired) electrons. The van der Waals surface area contributed by atoms with Gasteiger partial charge in [-0.3, -0.25) is 4.79 Å². The van der Waals surface area contributed by atoms with Crippen LogP contribution in [-0.4, -0.2) is 58.5 Å². The Morgan fingerprint density at radius 3 is 2.58 bits per heavy atom. The smallest absolute Gasteiger partial charge is 0.341 e. The molecule has 7 heteroatoms. The van der Waals surface area contributed by atoms with E-state index in [1.807, 2.05) is 13.0 Å². The van der Waals surface area contributed by atoms with E-state index < -0.39 is 41.7 Å². The van der Waals surface area contributed by atoms with E-state index in [0.717, 1.165) is 0 Å². The third kappa shape index (κ3) is 2.96. The quantitative estimate of drug-likeness (QED) is 0.375. The standard InChI is InChI=1S/C29H37NO6/c1-14-8-7-9-20(30-6)21(14)26(34)36-25-15(2)12-28-16(3)10-19-22(27(19,4)5)18(24(28)33)11-17(13-31)23(32)29(25,28)35/h7-9,11-12,16,18-19,22-23,25,30-32,35H,10,13H2,1-6H3/t16-,18+,19-,22-,23-,25+,28+,29+/m1/s1.